The largest absolute Gasteiger partial charge is 0.443 e. The summed E-state index contributed by atoms with van der Waals surface area (Å²) in [5, 5.41) is 2.95. The SMILES string of the molecule is CC(C)(C)NC(=O)O[C@]12CC3C[C@@H](CC(C1)N3c1ccc(Br)cn1)C2. The number of aromatic nitrogens is 1. The molecular weight excluding hydrogens is 382 g/mol. The fourth-order valence-corrected chi connectivity index (χ4v) is 5.34. The lowest BCUT2D eigenvalue weighted by molar-refractivity contribution is -0.0944. The quantitative estimate of drug-likeness (QED) is 0.795. The maximum atomic E-state index is 12.4. The lowest BCUT2D eigenvalue weighted by Gasteiger charge is -2.61. The number of piperidine rings is 2. The van der Waals surface area contributed by atoms with Gasteiger partial charge >= 0.3 is 6.09 Å². The van der Waals surface area contributed by atoms with Gasteiger partial charge in [0.2, 0.25) is 0 Å². The molecule has 4 bridgehead atoms. The van der Waals surface area contributed by atoms with E-state index in [1.54, 1.807) is 0 Å². The van der Waals surface area contributed by atoms with Crippen molar-refractivity contribution in [3.8, 4) is 0 Å². The molecule has 4 aliphatic rings. The number of alkyl carbamates (subject to hydrolysis) is 1. The number of halogens is 1. The van der Waals surface area contributed by atoms with Crippen molar-refractivity contribution < 1.29 is 9.53 Å². The molecule has 1 N–H and O–H groups in total. The minimum atomic E-state index is -0.294. The molecule has 0 radical (unpaired) electrons. The van der Waals surface area contributed by atoms with E-state index in [2.05, 4.69) is 43.3 Å². The second-order valence-electron chi connectivity index (χ2n) is 8.95. The first kappa shape index (κ1) is 17.1. The number of hydrogen-bond acceptors (Lipinski definition) is 4. The third-order valence-corrected chi connectivity index (χ3v) is 6.11. The maximum Gasteiger partial charge on any atom is 0.408 e. The number of ether oxygens (including phenoxy) is 1. The van der Waals surface area contributed by atoms with Crippen molar-refractivity contribution in [3.05, 3.63) is 22.8 Å². The van der Waals surface area contributed by atoms with E-state index < -0.39 is 0 Å². The van der Waals surface area contributed by atoms with Gasteiger partial charge in [0.15, 0.2) is 0 Å². The molecule has 0 spiro atoms. The van der Waals surface area contributed by atoms with Gasteiger partial charge in [-0.2, -0.15) is 0 Å². The van der Waals surface area contributed by atoms with Crippen LogP contribution < -0.4 is 10.2 Å². The Kier molecular flexibility index (Phi) is 4.02. The van der Waals surface area contributed by atoms with E-state index in [-0.39, 0.29) is 17.2 Å². The van der Waals surface area contributed by atoms with E-state index in [0.717, 1.165) is 29.6 Å². The molecule has 136 valence electrons. The molecular formula is C19H26BrN3O2. The highest BCUT2D eigenvalue weighted by atomic mass is 79.9. The first-order valence-electron chi connectivity index (χ1n) is 9.14. The zero-order valence-electron chi connectivity index (χ0n) is 15.1. The molecule has 5 nitrogen and oxygen atoms in total. The van der Waals surface area contributed by atoms with Gasteiger partial charge in [-0.25, -0.2) is 9.78 Å². The normalized spacial score (nSPS) is 33.4. The van der Waals surface area contributed by atoms with Crippen molar-refractivity contribution in [2.45, 2.75) is 76.1 Å². The predicted molar refractivity (Wildman–Crippen MR) is 101 cm³/mol. The highest BCUT2D eigenvalue weighted by molar-refractivity contribution is 9.10. The van der Waals surface area contributed by atoms with Gasteiger partial charge in [0.05, 0.1) is 0 Å². The van der Waals surface area contributed by atoms with Crippen LogP contribution >= 0.6 is 15.9 Å². The Hall–Kier alpha value is -1.30. The Morgan fingerprint density at radius 1 is 1.28 bits per heavy atom. The van der Waals surface area contributed by atoms with E-state index in [4.69, 9.17) is 4.74 Å². The molecule has 2 atom stereocenters. The standard InChI is InChI=1S/C19H26BrN3O2/c1-18(2,3)22-17(24)25-19-8-12-6-14(9-19)23(15(7-12)10-19)16-5-4-13(20)11-21-16/h4-5,11-12,14-15H,6-10H2,1-3H3,(H,22,24)/t12-,14?,15?,19+. The van der Waals surface area contributed by atoms with Crippen molar-refractivity contribution in [2.75, 3.05) is 4.90 Å². The van der Waals surface area contributed by atoms with Crippen LogP contribution in [0.2, 0.25) is 0 Å². The number of nitrogens with one attached hydrogen (secondary N) is 1. The molecule has 25 heavy (non-hydrogen) atoms. The topological polar surface area (TPSA) is 54.5 Å². The third-order valence-electron chi connectivity index (χ3n) is 5.64. The molecule has 3 heterocycles. The number of nitrogens with zero attached hydrogens (tertiary/aromatic N) is 2. The second-order valence-corrected chi connectivity index (χ2v) is 9.86. The Balaban J connectivity index is 1.52. The fourth-order valence-electron chi connectivity index (χ4n) is 5.10. The lowest BCUT2D eigenvalue weighted by atomic mass is 9.61. The lowest BCUT2D eigenvalue weighted by Crippen LogP contribution is -2.66. The van der Waals surface area contributed by atoms with Gasteiger partial charge in [0.25, 0.3) is 0 Å². The van der Waals surface area contributed by atoms with Gasteiger partial charge in [-0.3, -0.25) is 0 Å². The second kappa shape index (κ2) is 5.86. The number of pyridine rings is 1. The Labute approximate surface area is 157 Å². The zero-order chi connectivity index (χ0) is 17.8. The first-order valence-corrected chi connectivity index (χ1v) is 9.93. The van der Waals surface area contributed by atoms with Gasteiger partial charge in [0.1, 0.15) is 11.4 Å². The zero-order valence-corrected chi connectivity index (χ0v) is 16.7. The Morgan fingerprint density at radius 2 is 1.96 bits per heavy atom. The van der Waals surface area contributed by atoms with Crippen LogP contribution in [0.3, 0.4) is 0 Å². The molecule has 2 saturated heterocycles. The number of carbonyl (C=O) groups excluding carboxylic acids is 1. The van der Waals surface area contributed by atoms with Crippen molar-refractivity contribution in [1.82, 2.24) is 10.3 Å². The summed E-state index contributed by atoms with van der Waals surface area (Å²) >= 11 is 3.46. The summed E-state index contributed by atoms with van der Waals surface area (Å²) in [5.41, 5.74) is -0.565. The van der Waals surface area contributed by atoms with E-state index in [1.807, 2.05) is 27.0 Å². The molecule has 1 aromatic heterocycles. The van der Waals surface area contributed by atoms with Crippen LogP contribution in [-0.2, 0) is 4.74 Å². The molecule has 6 heteroatoms. The van der Waals surface area contributed by atoms with Gasteiger partial charge in [-0.05, 0) is 74.0 Å². The smallest absolute Gasteiger partial charge is 0.408 e. The monoisotopic (exact) mass is 407 g/mol. The minimum Gasteiger partial charge on any atom is -0.443 e. The van der Waals surface area contributed by atoms with Crippen molar-refractivity contribution in [2.24, 2.45) is 5.92 Å². The molecule has 0 aromatic carbocycles. The van der Waals surface area contributed by atoms with Crippen LogP contribution in [0.15, 0.2) is 22.8 Å². The summed E-state index contributed by atoms with van der Waals surface area (Å²) in [6, 6.07) is 4.98. The molecule has 2 saturated carbocycles. The number of hydrogen-bond donors (Lipinski definition) is 1. The Bertz CT molecular complexity index is 654. The van der Waals surface area contributed by atoms with Gasteiger partial charge in [-0.15, -0.1) is 0 Å². The highest BCUT2D eigenvalue weighted by Crippen LogP contribution is 2.53. The maximum absolute atomic E-state index is 12.4. The molecule has 2 aliphatic heterocycles. The van der Waals surface area contributed by atoms with E-state index in [1.165, 1.54) is 12.8 Å². The molecule has 1 amide bonds. The van der Waals surface area contributed by atoms with Crippen LogP contribution in [0.4, 0.5) is 10.6 Å². The van der Waals surface area contributed by atoms with E-state index in [0.29, 0.717) is 18.0 Å². The molecule has 2 aliphatic carbocycles. The van der Waals surface area contributed by atoms with Crippen molar-refractivity contribution >= 4 is 27.8 Å². The molecule has 5 rings (SSSR count). The van der Waals surface area contributed by atoms with Crippen LogP contribution in [0.25, 0.3) is 0 Å². The fraction of sp³-hybridized carbons (Fsp3) is 0.684. The summed E-state index contributed by atoms with van der Waals surface area (Å²) in [5.74, 6) is 1.71. The van der Waals surface area contributed by atoms with Crippen molar-refractivity contribution in [3.63, 3.8) is 0 Å². The Morgan fingerprint density at radius 3 is 2.52 bits per heavy atom. The van der Waals surface area contributed by atoms with Crippen LogP contribution in [0, 0.1) is 5.92 Å². The summed E-state index contributed by atoms with van der Waals surface area (Å²) in [6.45, 7) is 5.94. The van der Waals surface area contributed by atoms with Crippen LogP contribution in [0.5, 0.6) is 0 Å². The number of amides is 1. The summed E-state index contributed by atoms with van der Waals surface area (Å²) in [4.78, 5) is 19.5. The summed E-state index contributed by atoms with van der Waals surface area (Å²) in [7, 11) is 0. The number of rotatable bonds is 2. The van der Waals surface area contributed by atoms with Crippen molar-refractivity contribution in [1.29, 1.82) is 0 Å². The van der Waals surface area contributed by atoms with E-state index >= 15 is 0 Å². The van der Waals surface area contributed by atoms with Gasteiger partial charge in [0, 0.05) is 41.1 Å². The number of carbonyl (C=O) groups is 1. The molecule has 1 aromatic rings. The van der Waals surface area contributed by atoms with E-state index in [9.17, 15) is 4.79 Å². The minimum absolute atomic E-state index is 0.271. The van der Waals surface area contributed by atoms with Gasteiger partial charge < -0.3 is 15.0 Å². The highest BCUT2D eigenvalue weighted by Gasteiger charge is 2.57. The predicted octanol–water partition coefficient (Wildman–Crippen LogP) is 4.26. The summed E-state index contributed by atoms with van der Waals surface area (Å²) < 4.78 is 7.03. The first-order chi connectivity index (χ1) is 11.7. The average molecular weight is 408 g/mol. The van der Waals surface area contributed by atoms with Crippen LogP contribution in [-0.4, -0.2) is 34.3 Å². The van der Waals surface area contributed by atoms with Crippen LogP contribution in [0.1, 0.15) is 52.9 Å². The average Bonchev–Trinajstić information content (AvgIpc) is 2.45. The number of anilines is 1. The molecule has 2 unspecified atom stereocenters. The van der Waals surface area contributed by atoms with Gasteiger partial charge in [-0.1, -0.05) is 0 Å². The molecule has 4 fully saturated rings. The third kappa shape index (κ3) is 3.37. The summed E-state index contributed by atoms with van der Waals surface area (Å²) in [6.07, 6.45) is 6.79.